The molecule has 2 atom stereocenters. The largest absolute Gasteiger partial charge is 0.496 e. The number of ketones is 1. The summed E-state index contributed by atoms with van der Waals surface area (Å²) < 4.78 is 11.2. The van der Waals surface area contributed by atoms with Gasteiger partial charge in [0.25, 0.3) is 0 Å². The minimum atomic E-state index is -0.342. The summed E-state index contributed by atoms with van der Waals surface area (Å²) >= 11 is 0. The van der Waals surface area contributed by atoms with Crippen LogP contribution in [0.2, 0.25) is 0 Å². The average Bonchev–Trinajstić information content (AvgIpc) is 2.74. The maximum atomic E-state index is 13.0. The first kappa shape index (κ1) is 20.3. The lowest BCUT2D eigenvalue weighted by Crippen LogP contribution is -2.37. The van der Waals surface area contributed by atoms with Crippen LogP contribution in [0.3, 0.4) is 0 Å². The Balaban J connectivity index is 1.48. The van der Waals surface area contributed by atoms with Crippen molar-refractivity contribution in [1.29, 1.82) is 0 Å². The molecule has 0 aromatic heterocycles. The molecule has 1 aromatic carbocycles. The van der Waals surface area contributed by atoms with Crippen LogP contribution in [-0.2, 0) is 14.3 Å². The Kier molecular flexibility index (Phi) is 5.66. The molecule has 2 aliphatic heterocycles. The first-order valence-electron chi connectivity index (χ1n) is 10.4. The van der Waals surface area contributed by atoms with Crippen LogP contribution in [0.4, 0.5) is 0 Å². The second-order valence-corrected chi connectivity index (χ2v) is 8.18. The molecule has 1 aromatic rings. The molecule has 0 amide bonds. The van der Waals surface area contributed by atoms with E-state index in [1.54, 1.807) is 7.11 Å². The molecule has 158 valence electrons. The van der Waals surface area contributed by atoms with Crippen molar-refractivity contribution in [1.82, 2.24) is 10.6 Å². The van der Waals surface area contributed by atoms with Gasteiger partial charge < -0.3 is 20.1 Å². The van der Waals surface area contributed by atoms with E-state index in [4.69, 9.17) is 9.47 Å². The number of nitrogens with one attached hydrogen (secondary N) is 2. The summed E-state index contributed by atoms with van der Waals surface area (Å²) in [5.74, 6) is 0.594. The Hall–Kier alpha value is -3.02. The van der Waals surface area contributed by atoms with Gasteiger partial charge in [-0.3, -0.25) is 4.79 Å². The van der Waals surface area contributed by atoms with E-state index in [-0.39, 0.29) is 23.8 Å². The van der Waals surface area contributed by atoms with Crippen molar-refractivity contribution in [3.05, 3.63) is 64.6 Å². The van der Waals surface area contributed by atoms with Crippen LogP contribution in [-0.4, -0.2) is 31.5 Å². The van der Waals surface area contributed by atoms with Gasteiger partial charge in [-0.1, -0.05) is 24.8 Å². The first-order chi connectivity index (χ1) is 14.5. The van der Waals surface area contributed by atoms with E-state index in [2.05, 4.69) is 17.2 Å². The minimum absolute atomic E-state index is 0.0580. The predicted octanol–water partition coefficient (Wildman–Crippen LogP) is 3.47. The number of rotatable bonds is 4. The molecular formula is C24H28N2O4. The van der Waals surface area contributed by atoms with Crippen molar-refractivity contribution in [2.75, 3.05) is 13.7 Å². The summed E-state index contributed by atoms with van der Waals surface area (Å²) in [5, 5.41) is 6.48. The fraction of sp³-hybridized carbons (Fsp3) is 0.417. The highest BCUT2D eigenvalue weighted by atomic mass is 16.5. The number of Topliss-reactive ketones (excluding diaryl/α,β-unsaturated/α-hetero) is 1. The van der Waals surface area contributed by atoms with Gasteiger partial charge in [-0.2, -0.15) is 0 Å². The Morgan fingerprint density at radius 2 is 2.03 bits per heavy atom. The molecule has 2 heterocycles. The summed E-state index contributed by atoms with van der Waals surface area (Å²) in [6.45, 7) is 6.35. The number of ether oxygens (including phenoxy) is 2. The molecule has 4 rings (SSSR count). The van der Waals surface area contributed by atoms with Crippen LogP contribution in [0, 0.1) is 0 Å². The van der Waals surface area contributed by atoms with Crippen LogP contribution < -0.4 is 15.4 Å². The Morgan fingerprint density at radius 1 is 1.23 bits per heavy atom. The number of carbonyl (C=O) groups excluding carboxylic acids is 2. The van der Waals surface area contributed by atoms with Gasteiger partial charge in [-0.15, -0.1) is 0 Å². The highest BCUT2D eigenvalue weighted by molar-refractivity contribution is 6.01. The van der Waals surface area contributed by atoms with E-state index in [1.807, 2.05) is 31.2 Å². The van der Waals surface area contributed by atoms with Crippen LogP contribution in [0.5, 0.6) is 5.75 Å². The number of hydrogen-bond donors (Lipinski definition) is 2. The van der Waals surface area contributed by atoms with Crippen LogP contribution in [0.25, 0.3) is 0 Å². The lowest BCUT2D eigenvalue weighted by Gasteiger charge is -2.33. The van der Waals surface area contributed by atoms with Crippen molar-refractivity contribution in [3.63, 3.8) is 0 Å². The van der Waals surface area contributed by atoms with Crippen molar-refractivity contribution in [2.45, 2.75) is 51.0 Å². The van der Waals surface area contributed by atoms with E-state index < -0.39 is 0 Å². The molecule has 2 N–H and O–H groups in total. The molecule has 6 heteroatoms. The highest BCUT2D eigenvalue weighted by Gasteiger charge is 2.35. The van der Waals surface area contributed by atoms with E-state index in [1.165, 1.54) is 0 Å². The summed E-state index contributed by atoms with van der Waals surface area (Å²) in [7, 11) is 1.65. The third kappa shape index (κ3) is 3.99. The lowest BCUT2D eigenvalue weighted by molar-refractivity contribution is -0.145. The van der Waals surface area contributed by atoms with Crippen LogP contribution in [0.1, 0.15) is 50.5 Å². The van der Waals surface area contributed by atoms with Gasteiger partial charge in [0, 0.05) is 41.4 Å². The molecule has 1 fully saturated rings. The smallest absolute Gasteiger partial charge is 0.336 e. The van der Waals surface area contributed by atoms with Gasteiger partial charge in [-0.05, 0) is 37.8 Å². The molecule has 0 unspecified atom stereocenters. The van der Waals surface area contributed by atoms with Crippen molar-refractivity contribution < 1.29 is 19.1 Å². The fourth-order valence-electron chi connectivity index (χ4n) is 4.46. The zero-order valence-electron chi connectivity index (χ0n) is 17.5. The number of esters is 1. The molecular weight excluding hydrogens is 380 g/mol. The predicted molar refractivity (Wildman–Crippen MR) is 114 cm³/mol. The van der Waals surface area contributed by atoms with E-state index >= 15 is 0 Å². The van der Waals surface area contributed by atoms with Gasteiger partial charge in [0.05, 0.1) is 19.2 Å². The van der Waals surface area contributed by atoms with Gasteiger partial charge >= 0.3 is 5.97 Å². The molecule has 0 bridgehead atoms. The number of methoxy groups -OCH3 is 1. The topological polar surface area (TPSA) is 76.7 Å². The van der Waals surface area contributed by atoms with Crippen molar-refractivity contribution >= 4 is 11.8 Å². The molecule has 3 aliphatic rings. The number of dihydropyridines is 1. The molecule has 1 saturated heterocycles. The van der Waals surface area contributed by atoms with E-state index in [0.717, 1.165) is 47.7 Å². The Labute approximate surface area is 177 Å². The molecule has 0 radical (unpaired) electrons. The number of carbonyl (C=O) groups is 2. The fourth-order valence-corrected chi connectivity index (χ4v) is 4.46. The van der Waals surface area contributed by atoms with E-state index in [0.29, 0.717) is 30.5 Å². The monoisotopic (exact) mass is 408 g/mol. The molecule has 30 heavy (non-hydrogen) atoms. The van der Waals surface area contributed by atoms with Gasteiger partial charge in [0.2, 0.25) is 0 Å². The highest BCUT2D eigenvalue weighted by Crippen LogP contribution is 2.41. The molecule has 0 spiro atoms. The maximum absolute atomic E-state index is 13.0. The maximum Gasteiger partial charge on any atom is 0.336 e. The zero-order valence-corrected chi connectivity index (χ0v) is 17.5. The standard InChI is InChI=1S/C24H28N2O4/c1-14-8-9-17(13-25-14)30-24(28)19-12-20-21(26-15(19)2)10-16(11-22(20)27)18-6-4-5-7-23(18)29-3/h4-7,16-17,25-26H,1,8-13H2,2-3H3/t16-,17-/m1/s1. The second kappa shape index (κ2) is 8.38. The number of hydrogen-bond acceptors (Lipinski definition) is 6. The number of piperidine rings is 1. The van der Waals surface area contributed by atoms with E-state index in [9.17, 15) is 9.59 Å². The van der Waals surface area contributed by atoms with Crippen LogP contribution >= 0.6 is 0 Å². The van der Waals surface area contributed by atoms with Gasteiger partial charge in [-0.25, -0.2) is 4.79 Å². The molecule has 6 nitrogen and oxygen atoms in total. The molecule has 1 aliphatic carbocycles. The summed E-state index contributed by atoms with van der Waals surface area (Å²) in [6.07, 6.45) is 2.86. The summed E-state index contributed by atoms with van der Waals surface area (Å²) in [5.41, 5.74) is 4.94. The molecule has 0 saturated carbocycles. The third-order valence-electron chi connectivity index (χ3n) is 6.17. The normalized spacial score (nSPS) is 24.1. The average molecular weight is 408 g/mol. The number of benzene rings is 1. The minimum Gasteiger partial charge on any atom is -0.496 e. The summed E-state index contributed by atoms with van der Waals surface area (Å²) in [4.78, 5) is 25.8. The first-order valence-corrected chi connectivity index (χ1v) is 10.4. The van der Waals surface area contributed by atoms with Gasteiger partial charge in [0.15, 0.2) is 5.78 Å². The zero-order chi connectivity index (χ0) is 21.3. The third-order valence-corrected chi connectivity index (χ3v) is 6.17. The summed E-state index contributed by atoms with van der Waals surface area (Å²) in [6, 6.07) is 7.84. The number of allylic oxidation sites excluding steroid dienone is 4. The van der Waals surface area contributed by atoms with Gasteiger partial charge in [0.1, 0.15) is 11.9 Å². The SMILES string of the molecule is C=C1CC[C@@H](OC(=O)C2=C(C)NC3=C(C2)C(=O)C[C@H](c2ccccc2OC)C3)CN1. The Bertz CT molecular complexity index is 950. The van der Waals surface area contributed by atoms with Crippen molar-refractivity contribution in [3.8, 4) is 5.75 Å². The quantitative estimate of drug-likeness (QED) is 0.743. The lowest BCUT2D eigenvalue weighted by atomic mass is 9.78. The second-order valence-electron chi connectivity index (χ2n) is 8.18. The Morgan fingerprint density at radius 3 is 2.77 bits per heavy atom. The van der Waals surface area contributed by atoms with Crippen LogP contribution in [0.15, 0.2) is 59.1 Å². The van der Waals surface area contributed by atoms with Crippen molar-refractivity contribution in [2.24, 2.45) is 0 Å². The number of para-hydroxylation sites is 1.